The number of carbonyl (C=O) groups excluding carboxylic acids is 1. The van der Waals surface area contributed by atoms with E-state index in [1.807, 2.05) is 0 Å². The molecule has 0 fully saturated rings. The normalized spacial score (nSPS) is 15.3. The zero-order valence-corrected chi connectivity index (χ0v) is 16.8. The monoisotopic (exact) mass is 452 g/mol. The van der Waals surface area contributed by atoms with E-state index in [2.05, 4.69) is 21.2 Å². The smallest absolute Gasteiger partial charge is 0.247 e. The van der Waals surface area contributed by atoms with Crippen LogP contribution < -0.4 is 5.32 Å². The zero-order chi connectivity index (χ0) is 19.4. The number of carbonyl (C=O) groups is 1. The van der Waals surface area contributed by atoms with Crippen molar-refractivity contribution in [2.75, 3.05) is 13.1 Å². The van der Waals surface area contributed by atoms with Crippen LogP contribution in [0.3, 0.4) is 0 Å². The second-order valence-corrected chi connectivity index (χ2v) is 8.96. The molecule has 1 heterocycles. The third-order valence-corrected chi connectivity index (χ3v) is 6.69. The van der Waals surface area contributed by atoms with Gasteiger partial charge in [0.25, 0.3) is 0 Å². The van der Waals surface area contributed by atoms with E-state index in [-0.39, 0.29) is 36.3 Å². The molecule has 1 aliphatic rings. The lowest BCUT2D eigenvalue weighted by Gasteiger charge is -2.25. The Bertz CT molecular complexity index is 957. The molecule has 3 rings (SSSR count). The predicted molar refractivity (Wildman–Crippen MR) is 104 cm³/mol. The van der Waals surface area contributed by atoms with Crippen LogP contribution >= 0.6 is 15.9 Å². The van der Waals surface area contributed by atoms with Gasteiger partial charge in [-0.25, -0.2) is 12.8 Å². The van der Waals surface area contributed by atoms with Crippen LogP contribution in [0.4, 0.5) is 4.39 Å². The Morgan fingerprint density at radius 3 is 2.37 bits per heavy atom. The van der Waals surface area contributed by atoms with Crippen LogP contribution in [0.2, 0.25) is 0 Å². The number of sulfonamides is 1. The van der Waals surface area contributed by atoms with Crippen LogP contribution in [0.25, 0.3) is 0 Å². The van der Waals surface area contributed by atoms with Gasteiger partial charge in [0.2, 0.25) is 15.9 Å². The molecule has 0 radical (unpaired) electrons. The van der Waals surface area contributed by atoms with Gasteiger partial charge >= 0.3 is 0 Å². The first-order valence-electron chi connectivity index (χ1n) is 8.33. The Balaban J connectivity index is 1.61. The summed E-state index contributed by atoms with van der Waals surface area (Å²) < 4.78 is 40.4. The van der Waals surface area contributed by atoms with Crippen LogP contribution in [0, 0.1) is 5.82 Å². The molecule has 27 heavy (non-hydrogen) atoms. The van der Waals surface area contributed by atoms with E-state index >= 15 is 0 Å². The SMILES string of the molecule is O=C(NCc1ccc(F)cc1)C1=CCN(S(=O)(=O)c2ccc(Br)cc2)CC1. The van der Waals surface area contributed by atoms with Gasteiger partial charge in [-0.15, -0.1) is 0 Å². The second-order valence-electron chi connectivity index (χ2n) is 6.11. The summed E-state index contributed by atoms with van der Waals surface area (Å²) in [7, 11) is -3.59. The average molecular weight is 453 g/mol. The second kappa shape index (κ2) is 8.33. The number of hydrogen-bond acceptors (Lipinski definition) is 3. The van der Waals surface area contributed by atoms with E-state index in [4.69, 9.17) is 0 Å². The Hall–Kier alpha value is -2.03. The van der Waals surface area contributed by atoms with Gasteiger partial charge in [0, 0.05) is 29.7 Å². The van der Waals surface area contributed by atoms with E-state index in [9.17, 15) is 17.6 Å². The van der Waals surface area contributed by atoms with Crippen LogP contribution in [0.15, 0.2) is 69.5 Å². The maximum absolute atomic E-state index is 12.9. The summed E-state index contributed by atoms with van der Waals surface area (Å²) >= 11 is 3.29. The maximum atomic E-state index is 12.9. The summed E-state index contributed by atoms with van der Waals surface area (Å²) in [6, 6.07) is 12.4. The summed E-state index contributed by atoms with van der Waals surface area (Å²) in [4.78, 5) is 12.5. The number of amides is 1. The highest BCUT2D eigenvalue weighted by Gasteiger charge is 2.27. The van der Waals surface area contributed by atoms with Crippen molar-refractivity contribution in [3.05, 3.63) is 76.0 Å². The Morgan fingerprint density at radius 1 is 1.11 bits per heavy atom. The summed E-state index contributed by atoms with van der Waals surface area (Å²) in [6.45, 7) is 0.684. The van der Waals surface area contributed by atoms with Crippen LogP contribution in [0.1, 0.15) is 12.0 Å². The molecule has 0 unspecified atom stereocenters. The number of rotatable bonds is 5. The van der Waals surface area contributed by atoms with Gasteiger partial charge in [-0.1, -0.05) is 34.1 Å². The van der Waals surface area contributed by atoms with Gasteiger partial charge in [0.05, 0.1) is 4.90 Å². The quantitative estimate of drug-likeness (QED) is 0.756. The fraction of sp³-hybridized carbons (Fsp3) is 0.211. The van der Waals surface area contributed by atoms with Gasteiger partial charge in [-0.05, 0) is 48.4 Å². The topological polar surface area (TPSA) is 66.5 Å². The highest BCUT2D eigenvalue weighted by molar-refractivity contribution is 9.10. The molecule has 8 heteroatoms. The van der Waals surface area contributed by atoms with Crippen molar-refractivity contribution in [2.24, 2.45) is 0 Å². The Morgan fingerprint density at radius 2 is 1.78 bits per heavy atom. The molecule has 0 bridgehead atoms. The molecule has 1 aliphatic heterocycles. The molecular formula is C19H18BrFN2O3S. The van der Waals surface area contributed by atoms with Gasteiger partial charge < -0.3 is 5.32 Å². The summed E-state index contributed by atoms with van der Waals surface area (Å²) in [5.74, 6) is -0.563. The van der Waals surface area contributed by atoms with Gasteiger partial charge in [-0.3, -0.25) is 4.79 Å². The lowest BCUT2D eigenvalue weighted by atomic mass is 10.1. The Labute approximate surface area is 166 Å². The van der Waals surface area contributed by atoms with Gasteiger partial charge in [-0.2, -0.15) is 4.31 Å². The minimum Gasteiger partial charge on any atom is -0.348 e. The van der Waals surface area contributed by atoms with E-state index in [1.165, 1.54) is 16.4 Å². The number of halogens is 2. The number of nitrogens with zero attached hydrogens (tertiary/aromatic N) is 1. The lowest BCUT2D eigenvalue weighted by molar-refractivity contribution is -0.117. The fourth-order valence-corrected chi connectivity index (χ4v) is 4.37. The molecule has 2 aromatic rings. The molecule has 0 saturated carbocycles. The molecule has 5 nitrogen and oxygen atoms in total. The van der Waals surface area contributed by atoms with Crippen molar-refractivity contribution in [3.8, 4) is 0 Å². The third-order valence-electron chi connectivity index (χ3n) is 4.28. The van der Waals surface area contributed by atoms with Crippen molar-refractivity contribution in [1.82, 2.24) is 9.62 Å². The van der Waals surface area contributed by atoms with E-state index in [1.54, 1.807) is 42.5 Å². The highest BCUT2D eigenvalue weighted by Crippen LogP contribution is 2.22. The molecule has 142 valence electrons. The number of nitrogens with one attached hydrogen (secondary N) is 1. The van der Waals surface area contributed by atoms with Crippen molar-refractivity contribution < 1.29 is 17.6 Å². The minimum absolute atomic E-state index is 0.150. The summed E-state index contributed by atoms with van der Waals surface area (Å²) in [6.07, 6.45) is 1.98. The number of hydrogen-bond donors (Lipinski definition) is 1. The third kappa shape index (κ3) is 4.82. The van der Waals surface area contributed by atoms with Crippen molar-refractivity contribution >= 4 is 31.9 Å². The molecule has 0 aliphatic carbocycles. The number of benzene rings is 2. The summed E-state index contributed by atoms with van der Waals surface area (Å²) in [5, 5.41) is 2.78. The highest BCUT2D eigenvalue weighted by atomic mass is 79.9. The van der Waals surface area contributed by atoms with Crippen LogP contribution in [-0.4, -0.2) is 31.7 Å². The largest absolute Gasteiger partial charge is 0.348 e. The molecule has 1 amide bonds. The van der Waals surface area contributed by atoms with E-state index < -0.39 is 10.0 Å². The first kappa shape index (κ1) is 19.7. The minimum atomic E-state index is -3.59. The molecule has 1 N–H and O–H groups in total. The lowest BCUT2D eigenvalue weighted by Crippen LogP contribution is -2.37. The van der Waals surface area contributed by atoms with Crippen molar-refractivity contribution in [2.45, 2.75) is 17.9 Å². The molecule has 2 aromatic carbocycles. The summed E-state index contributed by atoms with van der Waals surface area (Å²) in [5.41, 5.74) is 1.35. The molecular weight excluding hydrogens is 435 g/mol. The average Bonchev–Trinajstić information content (AvgIpc) is 2.68. The zero-order valence-electron chi connectivity index (χ0n) is 14.4. The van der Waals surface area contributed by atoms with Crippen molar-refractivity contribution in [1.29, 1.82) is 0 Å². The maximum Gasteiger partial charge on any atom is 0.247 e. The van der Waals surface area contributed by atoms with E-state index in [0.717, 1.165) is 10.0 Å². The van der Waals surface area contributed by atoms with Crippen molar-refractivity contribution in [3.63, 3.8) is 0 Å². The first-order valence-corrected chi connectivity index (χ1v) is 10.6. The Kier molecular flexibility index (Phi) is 6.08. The molecule has 0 spiro atoms. The predicted octanol–water partition coefficient (Wildman–Crippen LogP) is 3.23. The van der Waals surface area contributed by atoms with Crippen LogP contribution in [-0.2, 0) is 21.4 Å². The van der Waals surface area contributed by atoms with E-state index in [0.29, 0.717) is 12.0 Å². The standard InChI is InChI=1S/C19H18BrFN2O3S/c20-16-3-7-18(8-4-16)27(25,26)23-11-9-15(10-12-23)19(24)22-13-14-1-5-17(21)6-2-14/h1-9H,10-13H2,(H,22,24). The fourth-order valence-electron chi connectivity index (χ4n) is 2.73. The van der Waals surface area contributed by atoms with Gasteiger partial charge in [0.1, 0.15) is 5.82 Å². The van der Waals surface area contributed by atoms with Gasteiger partial charge in [0.15, 0.2) is 0 Å². The van der Waals surface area contributed by atoms with Crippen LogP contribution in [0.5, 0.6) is 0 Å². The molecule has 0 atom stereocenters. The molecule has 0 aromatic heterocycles. The first-order chi connectivity index (χ1) is 12.9. The molecule has 0 saturated heterocycles.